The summed E-state index contributed by atoms with van der Waals surface area (Å²) < 4.78 is 1.87. The Hall–Kier alpha value is -3.90. The predicted molar refractivity (Wildman–Crippen MR) is 145 cm³/mol. The molecule has 0 aliphatic carbocycles. The largest absolute Gasteiger partial charge is 0.327 e. The van der Waals surface area contributed by atoms with Crippen LogP contribution in [0.5, 0.6) is 0 Å². The van der Waals surface area contributed by atoms with Crippen LogP contribution in [0, 0.1) is 13.8 Å². The molecule has 184 valence electrons. The summed E-state index contributed by atoms with van der Waals surface area (Å²) in [5.41, 5.74) is 5.37. The summed E-state index contributed by atoms with van der Waals surface area (Å²) in [5, 5.41) is 3.48. The number of anilines is 1. The number of aryl methyl sites for hydroxylation is 2. The summed E-state index contributed by atoms with van der Waals surface area (Å²) in [7, 11) is 0. The average Bonchev–Trinajstić information content (AvgIpc) is 3.28. The normalized spacial score (nSPS) is 10.9. The molecule has 4 rings (SSSR count). The second-order valence-corrected chi connectivity index (χ2v) is 9.47. The summed E-state index contributed by atoms with van der Waals surface area (Å²) in [6, 6.07) is 22.4. The first-order valence-electron chi connectivity index (χ1n) is 11.8. The van der Waals surface area contributed by atoms with Gasteiger partial charge in [0.25, 0.3) is 5.91 Å². The highest BCUT2D eigenvalue weighted by atomic mass is 35.5. The van der Waals surface area contributed by atoms with Crippen molar-refractivity contribution in [3.8, 4) is 16.9 Å². The topological polar surface area (TPSA) is 67.2 Å². The van der Waals surface area contributed by atoms with E-state index in [4.69, 9.17) is 16.6 Å². The lowest BCUT2D eigenvalue weighted by atomic mass is 10.1. The lowest BCUT2D eigenvalue weighted by Gasteiger charge is -2.26. The van der Waals surface area contributed by atoms with Crippen LogP contribution in [0.3, 0.4) is 0 Å². The number of hydrogen-bond donors (Lipinski definition) is 1. The Kier molecular flexibility index (Phi) is 7.55. The molecule has 7 heteroatoms. The standard InChI is InChI=1S/C29H29ClN4O2/c1-19(2)33(28(36)23-11-13-24(30)14-12-23)18-27(35)32-29-31-26(22-8-6-5-7-9-22)17-34(29)25-15-10-20(3)21(4)16-25/h5-17,19H,18H2,1-4H3,(H,31,32,35). The Balaban J connectivity index is 1.63. The smallest absolute Gasteiger partial charge is 0.254 e. The van der Waals surface area contributed by atoms with Crippen molar-refractivity contribution >= 4 is 29.4 Å². The molecule has 0 aliphatic heterocycles. The van der Waals surface area contributed by atoms with Gasteiger partial charge in [-0.1, -0.05) is 48.0 Å². The Bertz CT molecular complexity index is 1380. The SMILES string of the molecule is Cc1ccc(-n2cc(-c3ccccc3)nc2NC(=O)CN(C(=O)c2ccc(Cl)cc2)C(C)C)cc1C. The van der Waals surface area contributed by atoms with Crippen LogP contribution in [0.15, 0.2) is 79.0 Å². The zero-order chi connectivity index (χ0) is 25.8. The van der Waals surface area contributed by atoms with E-state index in [1.165, 1.54) is 10.5 Å². The second kappa shape index (κ2) is 10.8. The van der Waals surface area contributed by atoms with E-state index >= 15 is 0 Å². The number of halogens is 1. The maximum absolute atomic E-state index is 13.2. The molecule has 0 atom stereocenters. The molecule has 6 nitrogen and oxygen atoms in total. The third-order valence-corrected chi connectivity index (χ3v) is 6.34. The molecule has 0 unspecified atom stereocenters. The summed E-state index contributed by atoms with van der Waals surface area (Å²) in [6.45, 7) is 7.76. The van der Waals surface area contributed by atoms with Crippen molar-refractivity contribution in [2.75, 3.05) is 11.9 Å². The molecule has 0 radical (unpaired) electrons. The third-order valence-electron chi connectivity index (χ3n) is 6.08. The van der Waals surface area contributed by atoms with Crippen LogP contribution in [0.2, 0.25) is 5.02 Å². The highest BCUT2D eigenvalue weighted by Gasteiger charge is 2.23. The van der Waals surface area contributed by atoms with Crippen LogP contribution in [0.1, 0.15) is 35.3 Å². The highest BCUT2D eigenvalue weighted by molar-refractivity contribution is 6.30. The predicted octanol–water partition coefficient (Wildman–Crippen LogP) is 6.30. The lowest BCUT2D eigenvalue weighted by molar-refractivity contribution is -0.117. The van der Waals surface area contributed by atoms with E-state index < -0.39 is 0 Å². The molecule has 2 amide bonds. The number of benzene rings is 3. The van der Waals surface area contributed by atoms with Crippen LogP contribution in [-0.2, 0) is 4.79 Å². The minimum atomic E-state index is -0.332. The molecular weight excluding hydrogens is 472 g/mol. The minimum Gasteiger partial charge on any atom is -0.327 e. The molecule has 1 heterocycles. The van der Waals surface area contributed by atoms with Crippen LogP contribution in [0.4, 0.5) is 5.95 Å². The number of imidazole rings is 1. The van der Waals surface area contributed by atoms with Crippen LogP contribution in [0.25, 0.3) is 16.9 Å². The van der Waals surface area contributed by atoms with Gasteiger partial charge in [-0.05, 0) is 75.2 Å². The zero-order valence-corrected chi connectivity index (χ0v) is 21.6. The number of amides is 2. The molecule has 36 heavy (non-hydrogen) atoms. The monoisotopic (exact) mass is 500 g/mol. The van der Waals surface area contributed by atoms with Gasteiger partial charge < -0.3 is 4.90 Å². The molecule has 3 aromatic carbocycles. The van der Waals surface area contributed by atoms with Gasteiger partial charge in [-0.15, -0.1) is 0 Å². The molecule has 0 spiro atoms. The number of rotatable bonds is 7. The van der Waals surface area contributed by atoms with Crippen molar-refractivity contribution in [1.29, 1.82) is 0 Å². The van der Waals surface area contributed by atoms with Gasteiger partial charge in [0, 0.05) is 34.1 Å². The van der Waals surface area contributed by atoms with E-state index in [2.05, 4.69) is 25.2 Å². The summed E-state index contributed by atoms with van der Waals surface area (Å²) in [4.78, 5) is 32.6. The quantitative estimate of drug-likeness (QED) is 0.324. The van der Waals surface area contributed by atoms with Gasteiger partial charge in [0.15, 0.2) is 0 Å². The van der Waals surface area contributed by atoms with Crippen molar-refractivity contribution in [3.63, 3.8) is 0 Å². The number of hydrogen-bond acceptors (Lipinski definition) is 3. The molecule has 1 aromatic heterocycles. The van der Waals surface area contributed by atoms with Gasteiger partial charge in [0.1, 0.15) is 6.54 Å². The van der Waals surface area contributed by atoms with Gasteiger partial charge in [-0.2, -0.15) is 0 Å². The van der Waals surface area contributed by atoms with E-state index in [9.17, 15) is 9.59 Å². The minimum absolute atomic E-state index is 0.112. The molecule has 4 aromatic rings. The molecule has 0 aliphatic rings. The first-order valence-corrected chi connectivity index (χ1v) is 12.2. The van der Waals surface area contributed by atoms with Gasteiger partial charge in [-0.25, -0.2) is 4.98 Å². The van der Waals surface area contributed by atoms with Gasteiger partial charge in [0.2, 0.25) is 11.9 Å². The van der Waals surface area contributed by atoms with E-state index in [0.29, 0.717) is 16.5 Å². The van der Waals surface area contributed by atoms with Gasteiger partial charge in [0.05, 0.1) is 5.69 Å². The maximum atomic E-state index is 13.2. The highest BCUT2D eigenvalue weighted by Crippen LogP contribution is 2.25. The molecule has 0 saturated carbocycles. The maximum Gasteiger partial charge on any atom is 0.254 e. The van der Waals surface area contributed by atoms with Crippen molar-refractivity contribution < 1.29 is 9.59 Å². The molecule has 0 bridgehead atoms. The van der Waals surface area contributed by atoms with Gasteiger partial charge in [-0.3, -0.25) is 19.5 Å². The van der Waals surface area contributed by atoms with E-state index in [1.807, 2.05) is 67.1 Å². The molecule has 1 N–H and O–H groups in total. The number of nitrogens with zero attached hydrogens (tertiary/aromatic N) is 3. The fraction of sp³-hybridized carbons (Fsp3) is 0.207. The van der Waals surface area contributed by atoms with E-state index in [-0.39, 0.29) is 24.4 Å². The number of aromatic nitrogens is 2. The van der Waals surface area contributed by atoms with E-state index in [0.717, 1.165) is 22.5 Å². The summed E-state index contributed by atoms with van der Waals surface area (Å²) in [6.07, 6.45) is 1.91. The Morgan fingerprint density at radius 3 is 2.31 bits per heavy atom. The lowest BCUT2D eigenvalue weighted by Crippen LogP contribution is -2.42. The second-order valence-electron chi connectivity index (χ2n) is 9.04. The van der Waals surface area contributed by atoms with Gasteiger partial charge >= 0.3 is 0 Å². The molecular formula is C29H29ClN4O2. The van der Waals surface area contributed by atoms with Crippen molar-refractivity contribution in [3.05, 3.63) is 101 Å². The Morgan fingerprint density at radius 1 is 0.972 bits per heavy atom. The average molecular weight is 501 g/mol. The Morgan fingerprint density at radius 2 is 1.67 bits per heavy atom. The van der Waals surface area contributed by atoms with Crippen molar-refractivity contribution in [2.45, 2.75) is 33.7 Å². The zero-order valence-electron chi connectivity index (χ0n) is 20.8. The first kappa shape index (κ1) is 25.2. The fourth-order valence-electron chi connectivity index (χ4n) is 3.85. The summed E-state index contributed by atoms with van der Waals surface area (Å²) in [5.74, 6) is -0.176. The van der Waals surface area contributed by atoms with Crippen LogP contribution < -0.4 is 5.32 Å². The number of carbonyl (C=O) groups is 2. The number of nitrogens with one attached hydrogen (secondary N) is 1. The van der Waals surface area contributed by atoms with E-state index in [1.54, 1.807) is 24.3 Å². The first-order chi connectivity index (χ1) is 17.2. The fourth-order valence-corrected chi connectivity index (χ4v) is 3.98. The summed E-state index contributed by atoms with van der Waals surface area (Å²) >= 11 is 5.96. The number of carbonyl (C=O) groups excluding carboxylic acids is 2. The third kappa shape index (κ3) is 5.66. The molecule has 0 fully saturated rings. The van der Waals surface area contributed by atoms with Crippen LogP contribution in [-0.4, -0.2) is 38.9 Å². The van der Waals surface area contributed by atoms with Crippen molar-refractivity contribution in [1.82, 2.24) is 14.5 Å². The van der Waals surface area contributed by atoms with Crippen molar-refractivity contribution in [2.24, 2.45) is 0 Å². The Labute approximate surface area is 216 Å². The van der Waals surface area contributed by atoms with Crippen LogP contribution >= 0.6 is 11.6 Å². The molecule has 0 saturated heterocycles.